The molecular formula is C18H29N3O3S. The Balaban J connectivity index is 2.07. The lowest BCUT2D eigenvalue weighted by atomic mass is 9.96. The molecule has 1 aliphatic heterocycles. The van der Waals surface area contributed by atoms with Gasteiger partial charge in [-0.2, -0.15) is 4.31 Å². The zero-order valence-electron chi connectivity index (χ0n) is 15.1. The number of rotatable bonds is 7. The molecule has 25 heavy (non-hydrogen) atoms. The lowest BCUT2D eigenvalue weighted by molar-refractivity contribution is -0.126. The highest BCUT2D eigenvalue weighted by molar-refractivity contribution is 7.89. The molecule has 7 heteroatoms. The number of nitrogens with one attached hydrogen (secondary N) is 1. The van der Waals surface area contributed by atoms with Crippen molar-refractivity contribution < 1.29 is 13.2 Å². The molecule has 0 radical (unpaired) electrons. The summed E-state index contributed by atoms with van der Waals surface area (Å²) in [5, 5.41) is 2.81. The minimum Gasteiger partial charge on any atom is -0.350 e. The molecule has 1 heterocycles. The molecule has 1 aromatic carbocycles. The van der Waals surface area contributed by atoms with Crippen LogP contribution in [0.25, 0.3) is 0 Å². The second-order valence-electron chi connectivity index (χ2n) is 6.96. The third-order valence-corrected chi connectivity index (χ3v) is 6.49. The second-order valence-corrected chi connectivity index (χ2v) is 8.90. The third-order valence-electron chi connectivity index (χ3n) is 4.59. The van der Waals surface area contributed by atoms with Crippen LogP contribution in [-0.2, 0) is 21.4 Å². The van der Waals surface area contributed by atoms with Crippen molar-refractivity contribution in [3.63, 3.8) is 0 Å². The molecule has 0 spiro atoms. The van der Waals surface area contributed by atoms with Crippen molar-refractivity contribution in [2.45, 2.75) is 62.9 Å². The maximum atomic E-state index is 12.7. The minimum absolute atomic E-state index is 0.223. The summed E-state index contributed by atoms with van der Waals surface area (Å²) in [5.41, 5.74) is 5.86. The molecule has 1 unspecified atom stereocenters. The summed E-state index contributed by atoms with van der Waals surface area (Å²) < 4.78 is 27.0. The van der Waals surface area contributed by atoms with Crippen molar-refractivity contribution in [3.8, 4) is 0 Å². The van der Waals surface area contributed by atoms with Gasteiger partial charge in [-0.05, 0) is 43.9 Å². The van der Waals surface area contributed by atoms with E-state index in [4.69, 9.17) is 5.73 Å². The number of nitrogens with zero attached hydrogens (tertiary/aromatic N) is 1. The molecule has 0 saturated carbocycles. The quantitative estimate of drug-likeness (QED) is 0.771. The van der Waals surface area contributed by atoms with Crippen molar-refractivity contribution in [1.29, 1.82) is 0 Å². The van der Waals surface area contributed by atoms with E-state index in [0.717, 1.165) is 31.2 Å². The topological polar surface area (TPSA) is 92.5 Å². The molecule has 6 nitrogen and oxygen atoms in total. The molecule has 140 valence electrons. The molecule has 1 aliphatic rings. The smallest absolute Gasteiger partial charge is 0.243 e. The van der Waals surface area contributed by atoms with Crippen LogP contribution in [0.4, 0.5) is 0 Å². The summed E-state index contributed by atoms with van der Waals surface area (Å²) in [6.07, 6.45) is 4.31. The average Bonchev–Trinajstić information content (AvgIpc) is 2.60. The van der Waals surface area contributed by atoms with E-state index in [9.17, 15) is 13.2 Å². The van der Waals surface area contributed by atoms with Gasteiger partial charge in [-0.25, -0.2) is 8.42 Å². The molecule has 0 bridgehead atoms. The number of nitrogens with two attached hydrogens (primary N) is 1. The average molecular weight is 368 g/mol. The third kappa shape index (κ3) is 5.03. The summed E-state index contributed by atoms with van der Waals surface area (Å²) in [4.78, 5) is 12.5. The Kier molecular flexibility index (Phi) is 6.59. The van der Waals surface area contributed by atoms with E-state index >= 15 is 0 Å². The zero-order valence-corrected chi connectivity index (χ0v) is 15.9. The first kappa shape index (κ1) is 19.9. The van der Waals surface area contributed by atoms with Crippen LogP contribution >= 0.6 is 0 Å². The van der Waals surface area contributed by atoms with Gasteiger partial charge in [0, 0.05) is 19.6 Å². The Labute approximate surface area is 150 Å². The van der Waals surface area contributed by atoms with Gasteiger partial charge in [0.05, 0.1) is 10.4 Å². The van der Waals surface area contributed by atoms with Crippen LogP contribution in [0.1, 0.15) is 51.5 Å². The number of piperidine rings is 1. The molecule has 1 saturated heterocycles. The highest BCUT2D eigenvalue weighted by Gasteiger charge is 2.28. The monoisotopic (exact) mass is 367 g/mol. The van der Waals surface area contributed by atoms with E-state index in [1.165, 1.54) is 0 Å². The van der Waals surface area contributed by atoms with Gasteiger partial charge in [0.1, 0.15) is 0 Å². The summed E-state index contributed by atoms with van der Waals surface area (Å²) in [7, 11) is -3.46. The molecule has 1 atom stereocenters. The van der Waals surface area contributed by atoms with Crippen molar-refractivity contribution in [1.82, 2.24) is 9.62 Å². The molecule has 1 amide bonds. The van der Waals surface area contributed by atoms with Gasteiger partial charge in [-0.1, -0.05) is 31.9 Å². The van der Waals surface area contributed by atoms with Crippen LogP contribution in [0.3, 0.4) is 0 Å². The van der Waals surface area contributed by atoms with Gasteiger partial charge in [0.15, 0.2) is 0 Å². The largest absolute Gasteiger partial charge is 0.350 e. The highest BCUT2D eigenvalue weighted by atomic mass is 32.2. The van der Waals surface area contributed by atoms with Crippen molar-refractivity contribution >= 4 is 15.9 Å². The number of benzene rings is 1. The highest BCUT2D eigenvalue weighted by Crippen LogP contribution is 2.21. The lowest BCUT2D eigenvalue weighted by Gasteiger charge is -2.26. The van der Waals surface area contributed by atoms with E-state index in [1.807, 2.05) is 13.0 Å². The van der Waals surface area contributed by atoms with Crippen molar-refractivity contribution in [2.24, 2.45) is 5.73 Å². The first-order valence-electron chi connectivity index (χ1n) is 8.93. The van der Waals surface area contributed by atoms with Crippen molar-refractivity contribution in [3.05, 3.63) is 29.8 Å². The Morgan fingerprint density at radius 1 is 1.28 bits per heavy atom. The number of amides is 1. The fraction of sp³-hybridized carbons (Fsp3) is 0.611. The maximum Gasteiger partial charge on any atom is 0.243 e. The lowest BCUT2D eigenvalue weighted by Crippen LogP contribution is -2.51. The number of hydrogen-bond acceptors (Lipinski definition) is 4. The van der Waals surface area contributed by atoms with Crippen LogP contribution in [-0.4, -0.2) is 37.3 Å². The summed E-state index contributed by atoms with van der Waals surface area (Å²) in [6, 6.07) is 6.77. The first-order chi connectivity index (χ1) is 11.8. The predicted molar refractivity (Wildman–Crippen MR) is 98.4 cm³/mol. The van der Waals surface area contributed by atoms with Gasteiger partial charge in [0.2, 0.25) is 15.9 Å². The Hall–Kier alpha value is -1.44. The number of carbonyl (C=O) groups is 1. The summed E-state index contributed by atoms with van der Waals surface area (Å²) >= 11 is 0. The molecule has 1 aromatic rings. The number of hydrogen-bond donors (Lipinski definition) is 2. The zero-order chi connectivity index (χ0) is 18.5. The first-order valence-corrected chi connectivity index (χ1v) is 10.4. The molecule has 3 N–H and O–H groups in total. The van der Waals surface area contributed by atoms with Crippen LogP contribution in [0, 0.1) is 0 Å². The van der Waals surface area contributed by atoms with E-state index in [0.29, 0.717) is 19.5 Å². The SMILES string of the molecule is CCCC(C)(N)C(=O)NCc1cccc(S(=O)(=O)N2CCCCC2)c1. The standard InChI is InChI=1S/C18H29N3O3S/c1-3-10-18(2,19)17(22)20-14-15-8-7-9-16(13-15)25(23,24)21-11-5-4-6-12-21/h7-9,13H,3-6,10-12,14,19H2,1-2H3,(H,20,22). The minimum atomic E-state index is -3.46. The predicted octanol–water partition coefficient (Wildman–Crippen LogP) is 1.99. The van der Waals surface area contributed by atoms with E-state index in [-0.39, 0.29) is 17.3 Å². The van der Waals surface area contributed by atoms with Gasteiger partial charge >= 0.3 is 0 Å². The van der Waals surface area contributed by atoms with Gasteiger partial charge in [-0.15, -0.1) is 0 Å². The van der Waals surface area contributed by atoms with Gasteiger partial charge < -0.3 is 11.1 Å². The van der Waals surface area contributed by atoms with E-state index in [1.54, 1.807) is 29.4 Å². The van der Waals surface area contributed by atoms with Crippen LogP contribution < -0.4 is 11.1 Å². The number of sulfonamides is 1. The van der Waals surface area contributed by atoms with E-state index < -0.39 is 15.6 Å². The van der Waals surface area contributed by atoms with E-state index in [2.05, 4.69) is 5.32 Å². The fourth-order valence-corrected chi connectivity index (χ4v) is 4.68. The molecular weight excluding hydrogens is 338 g/mol. The van der Waals surface area contributed by atoms with Gasteiger partial charge in [0.25, 0.3) is 0 Å². The Morgan fingerprint density at radius 2 is 1.96 bits per heavy atom. The Bertz CT molecular complexity index is 695. The maximum absolute atomic E-state index is 12.7. The van der Waals surface area contributed by atoms with Crippen LogP contribution in [0.5, 0.6) is 0 Å². The molecule has 0 aliphatic carbocycles. The van der Waals surface area contributed by atoms with Crippen LogP contribution in [0.15, 0.2) is 29.2 Å². The fourth-order valence-electron chi connectivity index (χ4n) is 3.09. The molecule has 1 fully saturated rings. The van der Waals surface area contributed by atoms with Crippen molar-refractivity contribution in [2.75, 3.05) is 13.1 Å². The second kappa shape index (κ2) is 8.29. The summed E-state index contributed by atoms with van der Waals surface area (Å²) in [5.74, 6) is -0.223. The summed E-state index contributed by atoms with van der Waals surface area (Å²) in [6.45, 7) is 5.10. The van der Waals surface area contributed by atoms with Crippen LogP contribution in [0.2, 0.25) is 0 Å². The number of carbonyl (C=O) groups excluding carboxylic acids is 1. The Morgan fingerprint density at radius 3 is 2.60 bits per heavy atom. The normalized spacial score (nSPS) is 18.5. The molecule has 2 rings (SSSR count). The molecule has 0 aromatic heterocycles. The van der Waals surface area contributed by atoms with Gasteiger partial charge in [-0.3, -0.25) is 4.79 Å².